The minimum absolute atomic E-state index is 0.656. The summed E-state index contributed by atoms with van der Waals surface area (Å²) in [5.74, 6) is 0.656. The lowest BCUT2D eigenvalue weighted by molar-refractivity contribution is 1.13. The largest absolute Gasteiger partial charge is 0.309 e. The maximum atomic E-state index is 5.15. The molecule has 0 atom stereocenters. The van der Waals surface area contributed by atoms with Crippen molar-refractivity contribution in [3.05, 3.63) is 212 Å². The standard InChI is InChI=1S/C55H35N5/c1-2-14-36(15-3-1)48-34-50(49-32-38-16-4-5-17-41(38)35-56-49)58-55(57-48)40-19-12-18-37(30-40)39-28-29-54-47(31-39)46-24-8-11-27-53(46)60(54)43-21-13-20-42(33-43)59-51-25-9-6-22-44(51)45-23-7-10-26-52(45)59/h1-35H. The van der Waals surface area contributed by atoms with Crippen LogP contribution in [0.2, 0.25) is 0 Å². The van der Waals surface area contributed by atoms with E-state index in [0.29, 0.717) is 5.82 Å². The van der Waals surface area contributed by atoms with Crippen LogP contribution in [-0.4, -0.2) is 24.1 Å². The van der Waals surface area contributed by atoms with Crippen molar-refractivity contribution in [2.75, 3.05) is 0 Å². The number of aromatic nitrogens is 5. The number of fused-ring (bicyclic) bond motifs is 7. The molecule has 0 aliphatic heterocycles. The lowest BCUT2D eigenvalue weighted by Crippen LogP contribution is -1.98. The van der Waals surface area contributed by atoms with Gasteiger partial charge in [-0.1, -0.05) is 140 Å². The first-order valence-electron chi connectivity index (χ1n) is 20.3. The highest BCUT2D eigenvalue weighted by molar-refractivity contribution is 6.11. The molecule has 0 fully saturated rings. The van der Waals surface area contributed by atoms with Crippen LogP contribution in [-0.2, 0) is 0 Å². The molecule has 12 aromatic rings. The summed E-state index contributed by atoms with van der Waals surface area (Å²) in [6.45, 7) is 0. The van der Waals surface area contributed by atoms with Gasteiger partial charge >= 0.3 is 0 Å². The van der Waals surface area contributed by atoms with Crippen LogP contribution < -0.4 is 0 Å². The van der Waals surface area contributed by atoms with Gasteiger partial charge in [0.1, 0.15) is 0 Å². The summed E-state index contributed by atoms with van der Waals surface area (Å²) in [5, 5.41) is 7.13. The number of hydrogen-bond acceptors (Lipinski definition) is 3. The topological polar surface area (TPSA) is 48.5 Å². The average molecular weight is 766 g/mol. The van der Waals surface area contributed by atoms with Gasteiger partial charge in [-0.25, -0.2) is 9.97 Å². The van der Waals surface area contributed by atoms with E-state index in [-0.39, 0.29) is 0 Å². The zero-order valence-corrected chi connectivity index (χ0v) is 32.4. The van der Waals surface area contributed by atoms with Crippen LogP contribution in [0.5, 0.6) is 0 Å². The Balaban J connectivity index is 0.974. The van der Waals surface area contributed by atoms with Gasteiger partial charge in [0.15, 0.2) is 5.82 Å². The van der Waals surface area contributed by atoms with Crippen LogP contribution >= 0.6 is 0 Å². The minimum atomic E-state index is 0.656. The fourth-order valence-corrected chi connectivity index (χ4v) is 8.93. The van der Waals surface area contributed by atoms with Crippen LogP contribution in [0, 0.1) is 0 Å². The van der Waals surface area contributed by atoms with E-state index in [1.807, 2.05) is 36.5 Å². The number of nitrogens with zero attached hydrogens (tertiary/aromatic N) is 5. The fourth-order valence-electron chi connectivity index (χ4n) is 8.93. The van der Waals surface area contributed by atoms with E-state index in [2.05, 4.69) is 185 Å². The zero-order chi connectivity index (χ0) is 39.6. The van der Waals surface area contributed by atoms with Gasteiger partial charge in [0.2, 0.25) is 0 Å². The quantitative estimate of drug-likeness (QED) is 0.169. The van der Waals surface area contributed by atoms with Crippen LogP contribution in [0.3, 0.4) is 0 Å². The van der Waals surface area contributed by atoms with Crippen LogP contribution in [0.25, 0.3) is 111 Å². The lowest BCUT2D eigenvalue weighted by Gasteiger charge is -2.13. The molecule has 5 nitrogen and oxygen atoms in total. The molecule has 280 valence electrons. The molecule has 0 N–H and O–H groups in total. The van der Waals surface area contributed by atoms with E-state index in [1.165, 1.54) is 38.1 Å². The van der Waals surface area contributed by atoms with Gasteiger partial charge in [0.25, 0.3) is 0 Å². The van der Waals surface area contributed by atoms with Crippen molar-refractivity contribution in [3.8, 4) is 56.5 Å². The highest BCUT2D eigenvalue weighted by Gasteiger charge is 2.17. The van der Waals surface area contributed by atoms with E-state index < -0.39 is 0 Å². The summed E-state index contributed by atoms with van der Waals surface area (Å²) in [6.07, 6.45) is 1.92. The van der Waals surface area contributed by atoms with E-state index in [1.54, 1.807) is 0 Å². The Morgan fingerprint density at radius 2 is 0.833 bits per heavy atom. The predicted octanol–water partition coefficient (Wildman–Crippen LogP) is 13.9. The molecule has 12 rings (SSSR count). The molecule has 0 radical (unpaired) electrons. The Labute approximate surface area is 346 Å². The monoisotopic (exact) mass is 765 g/mol. The Hall–Kier alpha value is -8.15. The third-order valence-corrected chi connectivity index (χ3v) is 11.7. The van der Waals surface area contributed by atoms with Gasteiger partial charge in [-0.2, -0.15) is 0 Å². The fraction of sp³-hybridized carbons (Fsp3) is 0. The number of benzene rings is 8. The van der Waals surface area contributed by atoms with Crippen molar-refractivity contribution < 1.29 is 0 Å². The number of hydrogen-bond donors (Lipinski definition) is 0. The number of pyridine rings is 1. The van der Waals surface area contributed by atoms with Gasteiger partial charge in [0.05, 0.1) is 39.1 Å². The summed E-state index contributed by atoms with van der Waals surface area (Å²) in [6, 6.07) is 73.1. The van der Waals surface area contributed by atoms with Crippen molar-refractivity contribution in [2.24, 2.45) is 0 Å². The molecule has 0 saturated carbocycles. The molecule has 0 spiro atoms. The highest BCUT2D eigenvalue weighted by atomic mass is 15.0. The molecule has 0 saturated heterocycles. The third kappa shape index (κ3) is 5.59. The Morgan fingerprint density at radius 3 is 1.55 bits per heavy atom. The smallest absolute Gasteiger partial charge is 0.160 e. The van der Waals surface area contributed by atoms with Crippen molar-refractivity contribution in [1.82, 2.24) is 24.1 Å². The molecule has 0 aliphatic carbocycles. The Bertz CT molecular complexity index is 3560. The Morgan fingerprint density at radius 1 is 0.300 bits per heavy atom. The minimum Gasteiger partial charge on any atom is -0.309 e. The predicted molar refractivity (Wildman–Crippen MR) is 248 cm³/mol. The molecule has 4 heterocycles. The molecule has 0 unspecified atom stereocenters. The van der Waals surface area contributed by atoms with Crippen LogP contribution in [0.4, 0.5) is 0 Å². The summed E-state index contributed by atoms with van der Waals surface area (Å²) in [4.78, 5) is 15.1. The van der Waals surface area contributed by atoms with E-state index in [4.69, 9.17) is 15.0 Å². The first-order valence-corrected chi connectivity index (χ1v) is 20.3. The molecule has 0 amide bonds. The maximum Gasteiger partial charge on any atom is 0.160 e. The van der Waals surface area contributed by atoms with Gasteiger partial charge in [0, 0.05) is 55.6 Å². The zero-order valence-electron chi connectivity index (χ0n) is 32.4. The van der Waals surface area contributed by atoms with Gasteiger partial charge < -0.3 is 9.13 Å². The van der Waals surface area contributed by atoms with Gasteiger partial charge in [-0.05, 0) is 83.2 Å². The van der Waals surface area contributed by atoms with Gasteiger partial charge in [-0.15, -0.1) is 0 Å². The molecule has 0 aliphatic rings. The Kier molecular flexibility index (Phi) is 7.78. The van der Waals surface area contributed by atoms with Crippen molar-refractivity contribution in [3.63, 3.8) is 0 Å². The van der Waals surface area contributed by atoms with Crippen LogP contribution in [0.1, 0.15) is 0 Å². The summed E-state index contributed by atoms with van der Waals surface area (Å²) in [7, 11) is 0. The summed E-state index contributed by atoms with van der Waals surface area (Å²) < 4.78 is 4.78. The summed E-state index contributed by atoms with van der Waals surface area (Å²) >= 11 is 0. The second-order valence-corrected chi connectivity index (χ2v) is 15.3. The molecular formula is C55H35N5. The van der Waals surface area contributed by atoms with Crippen molar-refractivity contribution in [1.29, 1.82) is 0 Å². The van der Waals surface area contributed by atoms with E-state index >= 15 is 0 Å². The number of rotatable bonds is 6. The normalized spacial score (nSPS) is 11.7. The first-order chi connectivity index (χ1) is 29.7. The van der Waals surface area contributed by atoms with E-state index in [9.17, 15) is 0 Å². The summed E-state index contributed by atoms with van der Waals surface area (Å²) in [5.41, 5.74) is 13.6. The first kappa shape index (κ1) is 33.9. The SMILES string of the molecule is c1ccc(-c2cc(-c3cc4ccccc4cn3)nc(-c3cccc(-c4ccc5c(c4)c4ccccc4n5-c4cccc(-n5c6ccccc6c6ccccc65)c4)c3)n2)cc1. The number of para-hydroxylation sites is 3. The molecular weight excluding hydrogens is 731 g/mol. The second kappa shape index (κ2) is 13.8. The van der Waals surface area contributed by atoms with Crippen molar-refractivity contribution >= 4 is 54.4 Å². The van der Waals surface area contributed by atoms with Crippen molar-refractivity contribution in [2.45, 2.75) is 0 Å². The molecule has 4 aromatic heterocycles. The second-order valence-electron chi connectivity index (χ2n) is 15.3. The maximum absolute atomic E-state index is 5.15. The molecule has 60 heavy (non-hydrogen) atoms. The van der Waals surface area contributed by atoms with Crippen LogP contribution in [0.15, 0.2) is 212 Å². The molecule has 8 aromatic carbocycles. The van der Waals surface area contributed by atoms with E-state index in [0.717, 1.165) is 67.0 Å². The lowest BCUT2D eigenvalue weighted by atomic mass is 10.00. The highest BCUT2D eigenvalue weighted by Crippen LogP contribution is 2.38. The molecule has 0 bridgehead atoms. The average Bonchev–Trinajstić information content (AvgIpc) is 3.84. The van der Waals surface area contributed by atoms with Gasteiger partial charge in [-0.3, -0.25) is 4.98 Å². The molecule has 5 heteroatoms. The third-order valence-electron chi connectivity index (χ3n) is 11.7.